The van der Waals surface area contributed by atoms with Gasteiger partial charge < -0.3 is 9.47 Å². The molecule has 2 nitrogen and oxygen atoms in total. The fourth-order valence-corrected chi connectivity index (χ4v) is 8.07. The first kappa shape index (κ1) is 28.4. The van der Waals surface area contributed by atoms with Gasteiger partial charge in [0.2, 0.25) is 0 Å². The normalized spacial score (nSPS) is 12.0. The Kier molecular flexibility index (Phi) is 6.53. The zero-order valence-electron chi connectivity index (χ0n) is 27.4. The van der Waals surface area contributed by atoms with Crippen LogP contribution in [0.15, 0.2) is 194 Å². The Morgan fingerprint density at radius 1 is 0.300 bits per heavy atom. The third kappa shape index (κ3) is 4.29. The van der Waals surface area contributed by atoms with Gasteiger partial charge in [0.15, 0.2) is 0 Å². The van der Waals surface area contributed by atoms with Crippen LogP contribution in [0, 0.1) is 0 Å². The number of fused-ring (bicyclic) bond motifs is 9. The average Bonchev–Trinajstić information content (AvgIpc) is 3.47. The molecule has 10 rings (SSSR count). The van der Waals surface area contributed by atoms with Crippen molar-refractivity contribution in [3.05, 3.63) is 194 Å². The van der Waals surface area contributed by atoms with Crippen molar-refractivity contribution in [2.45, 2.75) is 0 Å². The molecule has 8 aromatic carbocycles. The second kappa shape index (κ2) is 11.5. The van der Waals surface area contributed by atoms with Gasteiger partial charge in [-0.3, -0.25) is 0 Å². The van der Waals surface area contributed by atoms with E-state index < -0.39 is 0 Å². The van der Waals surface area contributed by atoms with E-state index in [9.17, 15) is 0 Å². The summed E-state index contributed by atoms with van der Waals surface area (Å²) in [5.74, 6) is 0. The standard InChI is InChI=1S/C48H32N2/c1-3-17-33(18-4-1)35-21-7-8-22-36(35)37-23-9-14-28-43(37)50-45-30-16-12-26-41(45)48-46(50)32-31-39-38-24-10-13-27-42(38)49(34-19-5-2-6-20-34)44-29-15-11-25-40(44)47(39)48/h1-32H. The second-order valence-electron chi connectivity index (χ2n) is 12.9. The van der Waals surface area contributed by atoms with Gasteiger partial charge in [-0.15, -0.1) is 0 Å². The lowest BCUT2D eigenvalue weighted by Crippen LogP contribution is -2.10. The lowest BCUT2D eigenvalue weighted by Gasteiger charge is -2.27. The third-order valence-corrected chi connectivity index (χ3v) is 10.1. The molecule has 2 heterocycles. The molecule has 0 saturated carbocycles. The Morgan fingerprint density at radius 3 is 1.56 bits per heavy atom. The van der Waals surface area contributed by atoms with Crippen molar-refractivity contribution >= 4 is 38.9 Å². The molecule has 0 N–H and O–H groups in total. The van der Waals surface area contributed by atoms with E-state index in [2.05, 4.69) is 204 Å². The molecule has 0 spiro atoms. The molecular formula is C48H32N2. The molecule has 1 aliphatic heterocycles. The number of aromatic nitrogens is 1. The summed E-state index contributed by atoms with van der Waals surface area (Å²) in [6.45, 7) is 0. The summed E-state index contributed by atoms with van der Waals surface area (Å²) in [5, 5.41) is 2.51. The molecule has 0 unspecified atom stereocenters. The molecule has 0 atom stereocenters. The molecular weight excluding hydrogens is 605 g/mol. The Balaban J connectivity index is 1.31. The van der Waals surface area contributed by atoms with E-state index in [4.69, 9.17) is 0 Å². The fourth-order valence-electron chi connectivity index (χ4n) is 8.07. The lowest BCUT2D eigenvalue weighted by molar-refractivity contribution is 1.18. The third-order valence-electron chi connectivity index (χ3n) is 10.1. The van der Waals surface area contributed by atoms with Crippen LogP contribution in [0.25, 0.3) is 72.0 Å². The smallest absolute Gasteiger partial charge is 0.0548 e. The van der Waals surface area contributed by atoms with Crippen LogP contribution >= 0.6 is 0 Å². The molecule has 1 aromatic heterocycles. The van der Waals surface area contributed by atoms with Crippen molar-refractivity contribution in [2.24, 2.45) is 0 Å². The summed E-state index contributed by atoms with van der Waals surface area (Å²) in [7, 11) is 0. The van der Waals surface area contributed by atoms with Crippen LogP contribution in [-0.2, 0) is 0 Å². The molecule has 0 aliphatic carbocycles. The molecule has 50 heavy (non-hydrogen) atoms. The largest absolute Gasteiger partial charge is 0.309 e. The van der Waals surface area contributed by atoms with Crippen LogP contribution in [0.3, 0.4) is 0 Å². The van der Waals surface area contributed by atoms with Crippen LogP contribution in [0.2, 0.25) is 0 Å². The van der Waals surface area contributed by atoms with Crippen molar-refractivity contribution in [1.82, 2.24) is 4.57 Å². The number of anilines is 3. The van der Waals surface area contributed by atoms with Crippen molar-refractivity contribution in [2.75, 3.05) is 4.90 Å². The minimum atomic E-state index is 1.14. The summed E-state index contributed by atoms with van der Waals surface area (Å²) in [6, 6.07) is 70.4. The van der Waals surface area contributed by atoms with Gasteiger partial charge in [-0.05, 0) is 64.7 Å². The van der Waals surface area contributed by atoms with Gasteiger partial charge in [-0.25, -0.2) is 0 Å². The maximum atomic E-state index is 2.48. The number of benzene rings is 8. The second-order valence-corrected chi connectivity index (χ2v) is 12.9. The van der Waals surface area contributed by atoms with E-state index >= 15 is 0 Å². The molecule has 1 aliphatic rings. The summed E-state index contributed by atoms with van der Waals surface area (Å²) >= 11 is 0. The summed E-state index contributed by atoms with van der Waals surface area (Å²) < 4.78 is 2.48. The molecule has 0 bridgehead atoms. The van der Waals surface area contributed by atoms with Crippen LogP contribution in [0.5, 0.6) is 0 Å². The number of hydrogen-bond donors (Lipinski definition) is 0. The van der Waals surface area contributed by atoms with Gasteiger partial charge >= 0.3 is 0 Å². The summed E-state index contributed by atoms with van der Waals surface area (Å²) in [4.78, 5) is 2.42. The molecule has 0 radical (unpaired) electrons. The topological polar surface area (TPSA) is 8.17 Å². The zero-order valence-corrected chi connectivity index (χ0v) is 27.4. The van der Waals surface area contributed by atoms with E-state index in [-0.39, 0.29) is 0 Å². The predicted octanol–water partition coefficient (Wildman–Crippen LogP) is 13.2. The molecule has 9 aromatic rings. The van der Waals surface area contributed by atoms with Crippen molar-refractivity contribution < 1.29 is 0 Å². The first-order chi connectivity index (χ1) is 24.9. The van der Waals surface area contributed by atoms with Gasteiger partial charge in [0.05, 0.1) is 28.1 Å². The SMILES string of the molecule is c1ccc(-c2ccccc2-c2ccccc2-n2c3ccccc3c3c4c(ccc32)-c2ccccc2N(c2ccccc2)c2ccccc2-4)cc1. The van der Waals surface area contributed by atoms with Crippen molar-refractivity contribution in [3.8, 4) is 50.2 Å². The van der Waals surface area contributed by atoms with E-state index in [1.807, 2.05) is 0 Å². The highest BCUT2D eigenvalue weighted by Crippen LogP contribution is 2.54. The van der Waals surface area contributed by atoms with Crippen LogP contribution in [-0.4, -0.2) is 4.57 Å². The Bertz CT molecular complexity index is 2700. The van der Waals surface area contributed by atoms with Crippen LogP contribution in [0.4, 0.5) is 17.1 Å². The summed E-state index contributed by atoms with van der Waals surface area (Å²) in [6.07, 6.45) is 0. The van der Waals surface area contributed by atoms with Crippen LogP contribution < -0.4 is 4.90 Å². The Morgan fingerprint density at radius 2 is 0.820 bits per heavy atom. The average molecular weight is 637 g/mol. The summed E-state index contributed by atoms with van der Waals surface area (Å²) in [5.41, 5.74) is 16.8. The Hall–Kier alpha value is -6.64. The van der Waals surface area contributed by atoms with Gasteiger partial charge in [-0.1, -0.05) is 152 Å². The molecule has 0 fully saturated rings. The fraction of sp³-hybridized carbons (Fsp3) is 0. The molecule has 2 heteroatoms. The van der Waals surface area contributed by atoms with Crippen molar-refractivity contribution in [3.63, 3.8) is 0 Å². The predicted molar refractivity (Wildman–Crippen MR) is 211 cm³/mol. The van der Waals surface area contributed by atoms with E-state index in [1.54, 1.807) is 0 Å². The zero-order chi connectivity index (χ0) is 33.0. The first-order valence-electron chi connectivity index (χ1n) is 17.2. The highest BCUT2D eigenvalue weighted by atomic mass is 15.1. The monoisotopic (exact) mass is 636 g/mol. The van der Waals surface area contributed by atoms with Crippen LogP contribution in [0.1, 0.15) is 0 Å². The quantitative estimate of drug-likeness (QED) is 0.187. The minimum Gasteiger partial charge on any atom is -0.309 e. The van der Waals surface area contributed by atoms with E-state index in [0.29, 0.717) is 0 Å². The lowest BCUT2D eigenvalue weighted by atomic mass is 9.90. The van der Waals surface area contributed by atoms with Gasteiger partial charge in [-0.2, -0.15) is 0 Å². The molecule has 234 valence electrons. The van der Waals surface area contributed by atoms with Gasteiger partial charge in [0, 0.05) is 38.7 Å². The van der Waals surface area contributed by atoms with Gasteiger partial charge in [0.25, 0.3) is 0 Å². The number of para-hydroxylation sites is 5. The van der Waals surface area contributed by atoms with E-state index in [0.717, 1.165) is 11.4 Å². The number of rotatable bonds is 4. The Labute approximate surface area is 291 Å². The molecule has 0 amide bonds. The number of hydrogen-bond acceptors (Lipinski definition) is 1. The van der Waals surface area contributed by atoms with Crippen molar-refractivity contribution in [1.29, 1.82) is 0 Å². The highest BCUT2D eigenvalue weighted by molar-refractivity contribution is 6.21. The maximum absolute atomic E-state index is 2.48. The van der Waals surface area contributed by atoms with Gasteiger partial charge in [0.1, 0.15) is 0 Å². The number of nitrogens with zero attached hydrogens (tertiary/aromatic N) is 2. The maximum Gasteiger partial charge on any atom is 0.0548 e. The van der Waals surface area contributed by atoms with E-state index in [1.165, 1.54) is 77.7 Å². The molecule has 0 saturated heterocycles. The first-order valence-corrected chi connectivity index (χ1v) is 17.2. The minimum absolute atomic E-state index is 1.14. The highest BCUT2D eigenvalue weighted by Gasteiger charge is 2.29.